The monoisotopic (exact) mass is 292 g/mol. The fourth-order valence-electron chi connectivity index (χ4n) is 1.81. The van der Waals surface area contributed by atoms with Crippen molar-refractivity contribution in [2.24, 2.45) is 5.92 Å². The van der Waals surface area contributed by atoms with Crippen LogP contribution in [-0.2, 0) is 16.1 Å². The van der Waals surface area contributed by atoms with Gasteiger partial charge in [-0.05, 0) is 18.6 Å². The minimum absolute atomic E-state index is 0.192. The molecule has 2 aromatic rings. The molecule has 0 bridgehead atoms. The largest absolute Gasteiger partial charge is 0.481 e. The molecule has 0 aromatic carbocycles. The van der Waals surface area contributed by atoms with Crippen LogP contribution in [0.1, 0.15) is 13.3 Å². The Morgan fingerprint density at radius 3 is 2.86 bits per heavy atom. The number of hydrogen-bond acceptors (Lipinski definition) is 4. The van der Waals surface area contributed by atoms with Crippen LogP contribution >= 0.6 is 0 Å². The molecule has 0 fully saturated rings. The molecule has 0 saturated carbocycles. The molecule has 8 nitrogen and oxygen atoms in total. The molecule has 1 atom stereocenters. The number of nitrogens with one attached hydrogen (secondary N) is 1. The number of aromatic nitrogens is 3. The van der Waals surface area contributed by atoms with Crippen LogP contribution in [0.2, 0.25) is 0 Å². The second-order valence-corrected chi connectivity index (χ2v) is 4.75. The minimum atomic E-state index is -0.902. The minimum Gasteiger partial charge on any atom is -0.481 e. The van der Waals surface area contributed by atoms with Gasteiger partial charge in [-0.25, -0.2) is 9.48 Å². The number of carbonyl (C=O) groups excluding carboxylic acids is 1. The zero-order valence-corrected chi connectivity index (χ0v) is 11.5. The van der Waals surface area contributed by atoms with E-state index in [0.29, 0.717) is 12.1 Å². The molecule has 2 N–H and O–H groups in total. The summed E-state index contributed by atoms with van der Waals surface area (Å²) in [6, 6.07) is 5.12. The molecule has 21 heavy (non-hydrogen) atoms. The van der Waals surface area contributed by atoms with E-state index in [1.165, 1.54) is 4.40 Å². The molecule has 0 aliphatic heterocycles. The van der Waals surface area contributed by atoms with Crippen LogP contribution < -0.4 is 11.0 Å². The Kier molecular flexibility index (Phi) is 4.36. The number of carboxylic acid groups (broad SMARTS) is 1. The van der Waals surface area contributed by atoms with Gasteiger partial charge in [0.15, 0.2) is 5.65 Å². The van der Waals surface area contributed by atoms with E-state index in [-0.39, 0.29) is 24.7 Å². The molecule has 0 saturated heterocycles. The van der Waals surface area contributed by atoms with Crippen molar-refractivity contribution in [2.75, 3.05) is 6.54 Å². The maximum absolute atomic E-state index is 11.9. The first kappa shape index (κ1) is 14.8. The summed E-state index contributed by atoms with van der Waals surface area (Å²) < 4.78 is 2.42. The first-order valence-electron chi connectivity index (χ1n) is 6.52. The number of carbonyl (C=O) groups is 2. The Morgan fingerprint density at radius 1 is 1.43 bits per heavy atom. The van der Waals surface area contributed by atoms with E-state index in [0.717, 1.165) is 4.68 Å². The second-order valence-electron chi connectivity index (χ2n) is 4.75. The van der Waals surface area contributed by atoms with Gasteiger partial charge in [0, 0.05) is 12.7 Å². The Morgan fingerprint density at radius 2 is 2.19 bits per heavy atom. The maximum Gasteiger partial charge on any atom is 0.350 e. The van der Waals surface area contributed by atoms with Crippen molar-refractivity contribution in [3.8, 4) is 0 Å². The van der Waals surface area contributed by atoms with Crippen LogP contribution in [0.3, 0.4) is 0 Å². The summed E-state index contributed by atoms with van der Waals surface area (Å²) in [7, 11) is 0. The number of pyridine rings is 1. The molecule has 1 unspecified atom stereocenters. The summed E-state index contributed by atoms with van der Waals surface area (Å²) >= 11 is 0. The molecule has 8 heteroatoms. The smallest absolute Gasteiger partial charge is 0.350 e. The highest BCUT2D eigenvalue weighted by Crippen LogP contribution is 1.99. The van der Waals surface area contributed by atoms with E-state index >= 15 is 0 Å². The van der Waals surface area contributed by atoms with E-state index < -0.39 is 11.9 Å². The third-order valence-corrected chi connectivity index (χ3v) is 3.10. The number of fused-ring (bicyclic) bond motifs is 1. The van der Waals surface area contributed by atoms with Gasteiger partial charge in [-0.3, -0.25) is 14.0 Å². The highest BCUT2D eigenvalue weighted by molar-refractivity contribution is 5.75. The van der Waals surface area contributed by atoms with Crippen LogP contribution in [0.5, 0.6) is 0 Å². The van der Waals surface area contributed by atoms with Gasteiger partial charge in [0.25, 0.3) is 0 Å². The van der Waals surface area contributed by atoms with Crippen LogP contribution in [0, 0.1) is 5.92 Å². The lowest BCUT2D eigenvalue weighted by Crippen LogP contribution is -2.34. The van der Waals surface area contributed by atoms with Crippen LogP contribution in [0.4, 0.5) is 0 Å². The molecule has 0 aliphatic rings. The van der Waals surface area contributed by atoms with Gasteiger partial charge in [0.1, 0.15) is 6.54 Å². The second kappa shape index (κ2) is 6.21. The first-order chi connectivity index (χ1) is 9.99. The molecule has 1 amide bonds. The van der Waals surface area contributed by atoms with Crippen molar-refractivity contribution in [2.45, 2.75) is 19.9 Å². The average Bonchev–Trinajstić information content (AvgIpc) is 2.75. The van der Waals surface area contributed by atoms with Gasteiger partial charge in [-0.2, -0.15) is 0 Å². The lowest BCUT2D eigenvalue weighted by molar-refractivity contribution is -0.141. The van der Waals surface area contributed by atoms with Crippen LogP contribution in [0.15, 0.2) is 29.2 Å². The van der Waals surface area contributed by atoms with Crippen molar-refractivity contribution in [3.63, 3.8) is 0 Å². The van der Waals surface area contributed by atoms with Gasteiger partial charge in [0.2, 0.25) is 5.91 Å². The van der Waals surface area contributed by atoms with Crippen molar-refractivity contribution in [1.29, 1.82) is 0 Å². The number of nitrogens with zero attached hydrogens (tertiary/aromatic N) is 3. The summed E-state index contributed by atoms with van der Waals surface area (Å²) in [5, 5.41) is 15.3. The highest BCUT2D eigenvalue weighted by atomic mass is 16.4. The van der Waals surface area contributed by atoms with Gasteiger partial charge in [-0.1, -0.05) is 13.0 Å². The highest BCUT2D eigenvalue weighted by Gasteiger charge is 2.12. The number of amides is 1. The number of carboxylic acids is 1. The lowest BCUT2D eigenvalue weighted by Gasteiger charge is -2.07. The molecule has 2 aromatic heterocycles. The van der Waals surface area contributed by atoms with E-state index in [4.69, 9.17) is 5.11 Å². The Hall–Kier alpha value is -2.64. The average molecular weight is 292 g/mol. The van der Waals surface area contributed by atoms with E-state index in [2.05, 4.69) is 10.4 Å². The fourth-order valence-corrected chi connectivity index (χ4v) is 1.81. The molecule has 2 rings (SSSR count). The fraction of sp³-hybridized carbons (Fsp3) is 0.385. The van der Waals surface area contributed by atoms with Gasteiger partial charge >= 0.3 is 11.7 Å². The Labute approximate surface area is 120 Å². The first-order valence-corrected chi connectivity index (χ1v) is 6.52. The van der Waals surface area contributed by atoms with Crippen LogP contribution in [0.25, 0.3) is 5.65 Å². The van der Waals surface area contributed by atoms with Gasteiger partial charge in [0.05, 0.1) is 5.92 Å². The molecular formula is C13H16N4O4. The van der Waals surface area contributed by atoms with E-state index in [9.17, 15) is 14.4 Å². The third kappa shape index (κ3) is 3.47. The van der Waals surface area contributed by atoms with Crippen LogP contribution in [-0.4, -0.2) is 37.7 Å². The quantitative estimate of drug-likeness (QED) is 0.762. The summed E-state index contributed by atoms with van der Waals surface area (Å²) in [5.41, 5.74) is 0.0782. The molecule has 0 spiro atoms. The predicted octanol–water partition coefficient (Wildman–Crippen LogP) is -0.277. The van der Waals surface area contributed by atoms with Crippen molar-refractivity contribution in [3.05, 3.63) is 34.9 Å². The molecule has 0 aliphatic carbocycles. The zero-order valence-electron chi connectivity index (χ0n) is 11.5. The van der Waals surface area contributed by atoms with Crippen molar-refractivity contribution < 1.29 is 14.7 Å². The number of aliphatic carboxylic acids is 1. The maximum atomic E-state index is 11.9. The van der Waals surface area contributed by atoms with Gasteiger partial charge in [-0.15, -0.1) is 5.10 Å². The van der Waals surface area contributed by atoms with Crippen molar-refractivity contribution >= 4 is 17.5 Å². The van der Waals surface area contributed by atoms with E-state index in [1.54, 1.807) is 31.3 Å². The zero-order chi connectivity index (χ0) is 15.4. The van der Waals surface area contributed by atoms with Gasteiger partial charge < -0.3 is 10.4 Å². The summed E-state index contributed by atoms with van der Waals surface area (Å²) in [6.45, 7) is 1.62. The Balaban J connectivity index is 1.94. The molecule has 112 valence electrons. The number of rotatable bonds is 6. The summed E-state index contributed by atoms with van der Waals surface area (Å²) in [6.07, 6.45) is 1.91. The molecule has 0 radical (unpaired) electrons. The summed E-state index contributed by atoms with van der Waals surface area (Å²) in [5.74, 6) is -1.80. The Bertz CT molecular complexity index is 718. The lowest BCUT2D eigenvalue weighted by atomic mass is 10.1. The topological polar surface area (TPSA) is 106 Å². The molecular weight excluding hydrogens is 276 g/mol. The summed E-state index contributed by atoms with van der Waals surface area (Å²) in [4.78, 5) is 34.3. The normalized spacial score (nSPS) is 12.2. The van der Waals surface area contributed by atoms with E-state index in [1.807, 2.05) is 0 Å². The molecule has 2 heterocycles. The SMILES string of the molecule is CC(CCNC(=O)Cn1nc2ccccn2c1=O)C(=O)O. The van der Waals surface area contributed by atoms with Crippen molar-refractivity contribution in [1.82, 2.24) is 19.5 Å². The predicted molar refractivity (Wildman–Crippen MR) is 73.9 cm³/mol. The standard InChI is InChI=1S/C13H16N4O4/c1-9(12(19)20)5-6-14-11(18)8-17-13(21)16-7-3-2-4-10(16)15-17/h2-4,7,9H,5-6,8H2,1H3,(H,14,18)(H,19,20). The third-order valence-electron chi connectivity index (χ3n) is 3.10. The number of hydrogen-bond donors (Lipinski definition) is 2.